The van der Waals surface area contributed by atoms with Crippen molar-refractivity contribution in [3.8, 4) is 0 Å². The van der Waals surface area contributed by atoms with E-state index in [0.717, 1.165) is 6.42 Å². The van der Waals surface area contributed by atoms with Crippen molar-refractivity contribution in [3.63, 3.8) is 0 Å². The van der Waals surface area contributed by atoms with Crippen LogP contribution in [-0.4, -0.2) is 31.6 Å². The number of ether oxygens (including phenoxy) is 1. The Labute approximate surface area is 138 Å². The molecule has 0 fully saturated rings. The number of para-hydroxylation sites is 1. The van der Waals surface area contributed by atoms with Gasteiger partial charge in [-0.1, -0.05) is 32.9 Å². The van der Waals surface area contributed by atoms with Gasteiger partial charge in [0, 0.05) is 26.2 Å². The molecule has 0 heterocycles. The van der Waals surface area contributed by atoms with E-state index in [2.05, 4.69) is 10.6 Å². The van der Waals surface area contributed by atoms with Crippen molar-refractivity contribution in [3.05, 3.63) is 29.8 Å². The molecule has 1 rings (SSSR count). The third kappa shape index (κ3) is 7.79. The highest BCUT2D eigenvalue weighted by molar-refractivity contribution is 6.03. The summed E-state index contributed by atoms with van der Waals surface area (Å²) in [6.45, 7) is 9.80. The van der Waals surface area contributed by atoms with E-state index in [1.807, 2.05) is 27.7 Å². The first-order chi connectivity index (χ1) is 10.8. The predicted octanol–water partition coefficient (Wildman–Crippen LogP) is 3.22. The van der Waals surface area contributed by atoms with Crippen LogP contribution in [0.25, 0.3) is 0 Å². The molecule has 5 nitrogen and oxygen atoms in total. The lowest BCUT2D eigenvalue weighted by atomic mass is 9.92. The van der Waals surface area contributed by atoms with E-state index < -0.39 is 0 Å². The fourth-order valence-electron chi connectivity index (χ4n) is 2.08. The number of anilines is 1. The number of hydrogen-bond donors (Lipinski definition) is 2. The molecule has 0 saturated heterocycles. The van der Waals surface area contributed by atoms with Gasteiger partial charge in [0.05, 0.1) is 11.3 Å². The van der Waals surface area contributed by atoms with Crippen LogP contribution < -0.4 is 10.6 Å². The SMILES string of the molecule is CCOCCCNC(=O)c1ccccc1NC(=O)CC(C)(C)C. The number of amides is 2. The zero-order chi connectivity index (χ0) is 17.3. The molecule has 0 unspecified atom stereocenters. The summed E-state index contributed by atoms with van der Waals surface area (Å²) in [6.07, 6.45) is 1.16. The van der Waals surface area contributed by atoms with E-state index in [1.54, 1.807) is 24.3 Å². The van der Waals surface area contributed by atoms with Crippen LogP contribution in [0.15, 0.2) is 24.3 Å². The maximum absolute atomic E-state index is 12.3. The number of carbonyl (C=O) groups is 2. The van der Waals surface area contributed by atoms with Gasteiger partial charge in [-0.2, -0.15) is 0 Å². The summed E-state index contributed by atoms with van der Waals surface area (Å²) in [5.74, 6) is -0.276. The molecule has 0 bridgehead atoms. The lowest BCUT2D eigenvalue weighted by Gasteiger charge is -2.18. The fourth-order valence-corrected chi connectivity index (χ4v) is 2.08. The van der Waals surface area contributed by atoms with Crippen molar-refractivity contribution in [2.24, 2.45) is 5.41 Å². The van der Waals surface area contributed by atoms with Crippen LogP contribution in [0.2, 0.25) is 0 Å². The first-order valence-electron chi connectivity index (χ1n) is 8.08. The van der Waals surface area contributed by atoms with Crippen molar-refractivity contribution in [1.82, 2.24) is 5.32 Å². The molecule has 0 aliphatic heterocycles. The third-order valence-electron chi connectivity index (χ3n) is 3.09. The number of hydrogen-bond acceptors (Lipinski definition) is 3. The van der Waals surface area contributed by atoms with Crippen molar-refractivity contribution in [2.75, 3.05) is 25.1 Å². The first-order valence-corrected chi connectivity index (χ1v) is 8.08. The Morgan fingerprint density at radius 2 is 1.87 bits per heavy atom. The lowest BCUT2D eigenvalue weighted by molar-refractivity contribution is -0.117. The molecule has 5 heteroatoms. The van der Waals surface area contributed by atoms with E-state index >= 15 is 0 Å². The highest BCUT2D eigenvalue weighted by Gasteiger charge is 2.18. The molecule has 2 amide bonds. The average Bonchev–Trinajstić information content (AvgIpc) is 2.45. The van der Waals surface area contributed by atoms with Gasteiger partial charge >= 0.3 is 0 Å². The molecular weight excluding hydrogens is 292 g/mol. The monoisotopic (exact) mass is 320 g/mol. The second-order valence-corrected chi connectivity index (χ2v) is 6.64. The largest absolute Gasteiger partial charge is 0.382 e. The van der Waals surface area contributed by atoms with Crippen LogP contribution in [-0.2, 0) is 9.53 Å². The first kappa shape index (κ1) is 19.2. The Balaban J connectivity index is 2.62. The fraction of sp³-hybridized carbons (Fsp3) is 0.556. The van der Waals surface area contributed by atoms with Gasteiger partial charge < -0.3 is 15.4 Å². The standard InChI is InChI=1S/C18H28N2O3/c1-5-23-12-8-11-19-17(22)14-9-6-7-10-15(14)20-16(21)13-18(2,3)4/h6-7,9-10H,5,8,11-13H2,1-4H3,(H,19,22)(H,20,21). The quantitative estimate of drug-likeness (QED) is 0.723. The average molecular weight is 320 g/mol. The molecule has 0 aliphatic carbocycles. The Morgan fingerprint density at radius 3 is 2.52 bits per heavy atom. The normalized spacial score (nSPS) is 11.1. The molecule has 0 saturated carbocycles. The van der Waals surface area contributed by atoms with Crippen LogP contribution in [0, 0.1) is 5.41 Å². The maximum Gasteiger partial charge on any atom is 0.253 e. The van der Waals surface area contributed by atoms with Crippen LogP contribution in [0.5, 0.6) is 0 Å². The molecule has 0 atom stereocenters. The molecular formula is C18H28N2O3. The molecule has 0 spiro atoms. The molecule has 0 aromatic heterocycles. The number of carbonyl (C=O) groups excluding carboxylic acids is 2. The molecule has 128 valence electrons. The van der Waals surface area contributed by atoms with E-state index in [4.69, 9.17) is 4.74 Å². The molecule has 23 heavy (non-hydrogen) atoms. The van der Waals surface area contributed by atoms with E-state index in [9.17, 15) is 9.59 Å². The second-order valence-electron chi connectivity index (χ2n) is 6.64. The summed E-state index contributed by atoms with van der Waals surface area (Å²) in [5.41, 5.74) is 0.927. The summed E-state index contributed by atoms with van der Waals surface area (Å²) in [6, 6.07) is 7.05. The summed E-state index contributed by atoms with van der Waals surface area (Å²) in [7, 11) is 0. The van der Waals surface area contributed by atoms with Gasteiger partial charge in [0.1, 0.15) is 0 Å². The van der Waals surface area contributed by atoms with Gasteiger partial charge in [0.25, 0.3) is 5.91 Å². The van der Waals surface area contributed by atoms with Gasteiger partial charge in [-0.15, -0.1) is 0 Å². The van der Waals surface area contributed by atoms with Crippen LogP contribution in [0.4, 0.5) is 5.69 Å². The predicted molar refractivity (Wildman–Crippen MR) is 92.6 cm³/mol. The van der Waals surface area contributed by atoms with Crippen molar-refractivity contribution < 1.29 is 14.3 Å². The minimum atomic E-state index is -0.187. The summed E-state index contributed by atoms with van der Waals surface area (Å²) in [5, 5.41) is 5.68. The van der Waals surface area contributed by atoms with Gasteiger partial charge in [-0.05, 0) is 30.9 Å². The highest BCUT2D eigenvalue weighted by atomic mass is 16.5. The third-order valence-corrected chi connectivity index (χ3v) is 3.09. The maximum atomic E-state index is 12.3. The lowest BCUT2D eigenvalue weighted by Crippen LogP contribution is -2.27. The number of rotatable bonds is 8. The van der Waals surface area contributed by atoms with Crippen LogP contribution >= 0.6 is 0 Å². The van der Waals surface area contributed by atoms with Crippen LogP contribution in [0.1, 0.15) is 50.9 Å². The molecule has 1 aromatic rings. The van der Waals surface area contributed by atoms with Gasteiger partial charge in [-0.3, -0.25) is 9.59 Å². The van der Waals surface area contributed by atoms with Gasteiger partial charge in [0.15, 0.2) is 0 Å². The molecule has 0 aliphatic rings. The smallest absolute Gasteiger partial charge is 0.253 e. The number of nitrogens with one attached hydrogen (secondary N) is 2. The topological polar surface area (TPSA) is 67.4 Å². The Morgan fingerprint density at radius 1 is 1.17 bits per heavy atom. The minimum absolute atomic E-state index is 0.0888. The summed E-state index contributed by atoms with van der Waals surface area (Å²) < 4.78 is 5.24. The second kappa shape index (κ2) is 9.30. The molecule has 2 N–H and O–H groups in total. The zero-order valence-electron chi connectivity index (χ0n) is 14.6. The minimum Gasteiger partial charge on any atom is -0.382 e. The van der Waals surface area contributed by atoms with Gasteiger partial charge in [-0.25, -0.2) is 0 Å². The van der Waals surface area contributed by atoms with Crippen molar-refractivity contribution in [1.29, 1.82) is 0 Å². The molecule has 1 aromatic carbocycles. The van der Waals surface area contributed by atoms with E-state index in [0.29, 0.717) is 37.4 Å². The Hall–Kier alpha value is -1.88. The Bertz CT molecular complexity index is 521. The highest BCUT2D eigenvalue weighted by Crippen LogP contribution is 2.21. The van der Waals surface area contributed by atoms with E-state index in [-0.39, 0.29) is 17.2 Å². The van der Waals surface area contributed by atoms with Crippen LogP contribution in [0.3, 0.4) is 0 Å². The van der Waals surface area contributed by atoms with Crippen molar-refractivity contribution >= 4 is 17.5 Å². The summed E-state index contributed by atoms with van der Waals surface area (Å²) >= 11 is 0. The molecule has 0 radical (unpaired) electrons. The van der Waals surface area contributed by atoms with Crippen molar-refractivity contribution in [2.45, 2.75) is 40.5 Å². The number of benzene rings is 1. The van der Waals surface area contributed by atoms with E-state index in [1.165, 1.54) is 0 Å². The Kier molecular flexibility index (Phi) is 7.75. The zero-order valence-corrected chi connectivity index (χ0v) is 14.6. The summed E-state index contributed by atoms with van der Waals surface area (Å²) in [4.78, 5) is 24.3. The van der Waals surface area contributed by atoms with Gasteiger partial charge in [0.2, 0.25) is 5.91 Å².